The first-order chi connectivity index (χ1) is 7.62. The van der Waals surface area contributed by atoms with Crippen molar-refractivity contribution in [2.45, 2.75) is 24.3 Å². The summed E-state index contributed by atoms with van der Waals surface area (Å²) in [7, 11) is -3.88. The molecule has 0 radical (unpaired) electrons. The average molecular weight is 257 g/mol. The number of hydrogen-bond donors (Lipinski definition) is 3. The van der Waals surface area contributed by atoms with Crippen LogP contribution in [0.4, 0.5) is 5.69 Å². The van der Waals surface area contributed by atoms with Crippen LogP contribution in [0.3, 0.4) is 0 Å². The van der Waals surface area contributed by atoms with E-state index < -0.39 is 21.5 Å². The number of nitrogens with one attached hydrogen (secondary N) is 1. The molecule has 0 aromatic heterocycles. The number of carbonyl (C=O) groups is 1. The summed E-state index contributed by atoms with van der Waals surface area (Å²) in [5, 5.41) is 7.47. The molecule has 1 amide bonds. The summed E-state index contributed by atoms with van der Waals surface area (Å²) in [5.41, 5.74) is 4.61. The molecule has 0 saturated carbocycles. The number of sulfonamides is 1. The molecule has 7 heteroatoms. The third-order valence-electron chi connectivity index (χ3n) is 2.03. The van der Waals surface area contributed by atoms with Gasteiger partial charge in [0, 0.05) is 0 Å². The maximum Gasteiger partial charge on any atom is 0.243 e. The predicted octanol–water partition coefficient (Wildman–Crippen LogP) is 0.00980. The van der Waals surface area contributed by atoms with Crippen LogP contribution < -0.4 is 16.2 Å². The van der Waals surface area contributed by atoms with Crippen LogP contribution in [0.25, 0.3) is 0 Å². The first-order valence-electron chi connectivity index (χ1n) is 4.84. The number of nitrogens with two attached hydrogens (primary N) is 2. The van der Waals surface area contributed by atoms with Gasteiger partial charge in [0.1, 0.15) is 4.90 Å². The Morgan fingerprint density at radius 3 is 2.29 bits per heavy atom. The Labute approximate surface area is 100 Å². The Morgan fingerprint density at radius 1 is 1.29 bits per heavy atom. The molecule has 0 bridgehead atoms. The van der Waals surface area contributed by atoms with Gasteiger partial charge in [-0.2, -0.15) is 0 Å². The lowest BCUT2D eigenvalue weighted by Crippen LogP contribution is -2.45. The van der Waals surface area contributed by atoms with Gasteiger partial charge >= 0.3 is 0 Å². The van der Waals surface area contributed by atoms with Crippen molar-refractivity contribution < 1.29 is 13.2 Å². The molecule has 0 aliphatic heterocycles. The fraction of sp³-hybridized carbons (Fsp3) is 0.300. The molecule has 0 unspecified atom stereocenters. The fourth-order valence-electron chi connectivity index (χ4n) is 1.10. The summed E-state index contributed by atoms with van der Waals surface area (Å²) >= 11 is 0. The highest BCUT2D eigenvalue weighted by Gasteiger charge is 2.24. The minimum Gasteiger partial charge on any atom is -0.323 e. The molecule has 0 aliphatic carbocycles. The monoisotopic (exact) mass is 257 g/mol. The summed E-state index contributed by atoms with van der Waals surface area (Å²) in [4.78, 5) is 11.5. The molecule has 1 aromatic rings. The highest BCUT2D eigenvalue weighted by molar-refractivity contribution is 7.89. The van der Waals surface area contributed by atoms with Crippen molar-refractivity contribution in [3.05, 3.63) is 24.3 Å². The molecule has 0 aliphatic rings. The van der Waals surface area contributed by atoms with E-state index >= 15 is 0 Å². The van der Waals surface area contributed by atoms with Gasteiger partial charge in [-0.15, -0.1) is 0 Å². The molecule has 6 nitrogen and oxygen atoms in total. The fourth-order valence-corrected chi connectivity index (χ4v) is 1.80. The summed E-state index contributed by atoms with van der Waals surface area (Å²) in [5.74, 6) is -0.492. The Kier molecular flexibility index (Phi) is 3.56. The minimum atomic E-state index is -3.88. The maximum atomic E-state index is 11.6. The lowest BCUT2D eigenvalue weighted by atomic mass is 10.1. The second kappa shape index (κ2) is 4.44. The van der Waals surface area contributed by atoms with E-state index in [2.05, 4.69) is 5.32 Å². The third-order valence-corrected chi connectivity index (χ3v) is 3.00. The SMILES string of the molecule is CC(C)(N)C(=O)Nc1ccccc1S(N)(=O)=O. The topological polar surface area (TPSA) is 115 Å². The summed E-state index contributed by atoms with van der Waals surface area (Å²) in [6, 6.07) is 5.87. The normalized spacial score (nSPS) is 12.2. The van der Waals surface area contributed by atoms with Crippen molar-refractivity contribution in [1.29, 1.82) is 0 Å². The second-order valence-corrected chi connectivity index (χ2v) is 5.75. The molecule has 0 atom stereocenters. The van der Waals surface area contributed by atoms with Crippen molar-refractivity contribution >= 4 is 21.6 Å². The van der Waals surface area contributed by atoms with E-state index in [-0.39, 0.29) is 10.6 Å². The smallest absolute Gasteiger partial charge is 0.243 e. The van der Waals surface area contributed by atoms with Crippen LogP contribution in [0, 0.1) is 0 Å². The van der Waals surface area contributed by atoms with Gasteiger partial charge in [-0.25, -0.2) is 13.6 Å². The van der Waals surface area contributed by atoms with E-state index in [1.165, 1.54) is 32.0 Å². The van der Waals surface area contributed by atoms with Gasteiger partial charge in [-0.1, -0.05) is 12.1 Å². The van der Waals surface area contributed by atoms with Crippen molar-refractivity contribution in [2.24, 2.45) is 10.9 Å². The zero-order valence-electron chi connectivity index (χ0n) is 9.60. The zero-order valence-corrected chi connectivity index (χ0v) is 10.4. The van der Waals surface area contributed by atoms with Crippen molar-refractivity contribution in [3.63, 3.8) is 0 Å². The lowest BCUT2D eigenvalue weighted by Gasteiger charge is -2.18. The number of rotatable bonds is 3. The molecule has 17 heavy (non-hydrogen) atoms. The summed E-state index contributed by atoms with van der Waals surface area (Å²) in [6.07, 6.45) is 0. The Bertz CT molecular complexity index is 532. The molecule has 0 heterocycles. The molecule has 1 aromatic carbocycles. The molecular weight excluding hydrogens is 242 g/mol. The van der Waals surface area contributed by atoms with Gasteiger partial charge in [0.05, 0.1) is 11.2 Å². The number of benzene rings is 1. The van der Waals surface area contributed by atoms with E-state index in [0.717, 1.165) is 0 Å². The minimum absolute atomic E-state index is 0.124. The van der Waals surface area contributed by atoms with Crippen molar-refractivity contribution in [3.8, 4) is 0 Å². The number of amides is 1. The highest BCUT2D eigenvalue weighted by Crippen LogP contribution is 2.20. The van der Waals surface area contributed by atoms with Gasteiger partial charge in [0.2, 0.25) is 15.9 Å². The number of para-hydroxylation sites is 1. The lowest BCUT2D eigenvalue weighted by molar-refractivity contribution is -0.120. The van der Waals surface area contributed by atoms with Gasteiger partial charge in [0.25, 0.3) is 0 Å². The number of hydrogen-bond acceptors (Lipinski definition) is 4. The van der Waals surface area contributed by atoms with Gasteiger partial charge in [-0.05, 0) is 26.0 Å². The first kappa shape index (κ1) is 13.6. The molecule has 94 valence electrons. The molecular formula is C10H15N3O3S. The van der Waals surface area contributed by atoms with E-state index in [1.54, 1.807) is 6.07 Å². The van der Waals surface area contributed by atoms with Crippen molar-refractivity contribution in [1.82, 2.24) is 0 Å². The van der Waals surface area contributed by atoms with Gasteiger partial charge < -0.3 is 11.1 Å². The van der Waals surface area contributed by atoms with Crippen LogP contribution in [-0.4, -0.2) is 19.9 Å². The van der Waals surface area contributed by atoms with Gasteiger partial charge in [0.15, 0.2) is 0 Å². The van der Waals surface area contributed by atoms with Crippen LogP contribution in [0.5, 0.6) is 0 Å². The standard InChI is InChI=1S/C10H15N3O3S/c1-10(2,11)9(14)13-7-5-3-4-6-8(7)17(12,15)16/h3-6H,11H2,1-2H3,(H,13,14)(H2,12,15,16). The maximum absolute atomic E-state index is 11.6. The average Bonchev–Trinajstić information content (AvgIpc) is 2.15. The second-order valence-electron chi connectivity index (χ2n) is 4.22. The molecule has 0 spiro atoms. The zero-order chi connectivity index (χ0) is 13.3. The van der Waals surface area contributed by atoms with Crippen LogP contribution in [0.15, 0.2) is 29.2 Å². The van der Waals surface area contributed by atoms with E-state index in [0.29, 0.717) is 0 Å². The van der Waals surface area contributed by atoms with E-state index in [1.807, 2.05) is 0 Å². The number of carbonyl (C=O) groups excluding carboxylic acids is 1. The van der Waals surface area contributed by atoms with Crippen LogP contribution in [0.2, 0.25) is 0 Å². The molecule has 0 fully saturated rings. The summed E-state index contributed by atoms with van der Waals surface area (Å²) < 4.78 is 22.6. The predicted molar refractivity (Wildman–Crippen MR) is 64.7 cm³/mol. The summed E-state index contributed by atoms with van der Waals surface area (Å²) in [6.45, 7) is 3.03. The third kappa shape index (κ3) is 3.52. The number of primary sulfonamides is 1. The number of anilines is 1. The quantitative estimate of drug-likeness (QED) is 0.707. The Hall–Kier alpha value is -1.44. The van der Waals surface area contributed by atoms with Crippen LogP contribution in [0.1, 0.15) is 13.8 Å². The first-order valence-corrected chi connectivity index (χ1v) is 6.39. The Morgan fingerprint density at radius 2 is 1.82 bits per heavy atom. The Balaban J connectivity index is 3.13. The highest BCUT2D eigenvalue weighted by atomic mass is 32.2. The molecule has 1 rings (SSSR count). The largest absolute Gasteiger partial charge is 0.323 e. The van der Waals surface area contributed by atoms with E-state index in [4.69, 9.17) is 10.9 Å². The van der Waals surface area contributed by atoms with E-state index in [9.17, 15) is 13.2 Å². The van der Waals surface area contributed by atoms with Crippen molar-refractivity contribution in [2.75, 3.05) is 5.32 Å². The van der Waals surface area contributed by atoms with Gasteiger partial charge in [-0.3, -0.25) is 4.79 Å². The van der Waals surface area contributed by atoms with Crippen LogP contribution >= 0.6 is 0 Å². The molecule has 5 N–H and O–H groups in total. The van der Waals surface area contributed by atoms with Crippen LogP contribution in [-0.2, 0) is 14.8 Å². The molecule has 0 saturated heterocycles.